The third-order valence-electron chi connectivity index (χ3n) is 6.20. The van der Waals surface area contributed by atoms with E-state index in [4.69, 9.17) is 9.47 Å². The van der Waals surface area contributed by atoms with Crippen LogP contribution >= 0.6 is 0 Å². The topological polar surface area (TPSA) is 67.9 Å². The lowest BCUT2D eigenvalue weighted by Gasteiger charge is -2.29. The van der Waals surface area contributed by atoms with Crippen LogP contribution < -0.4 is 14.8 Å². The van der Waals surface area contributed by atoms with Crippen molar-refractivity contribution in [2.24, 2.45) is 0 Å². The summed E-state index contributed by atoms with van der Waals surface area (Å²) in [4.78, 5) is 27.9. The summed E-state index contributed by atoms with van der Waals surface area (Å²) in [6, 6.07) is 13.2. The summed E-state index contributed by atoms with van der Waals surface area (Å²) >= 11 is 0. The first-order valence-electron chi connectivity index (χ1n) is 11.1. The Kier molecular flexibility index (Phi) is 6.44. The molecule has 164 valence electrons. The first-order valence-corrected chi connectivity index (χ1v) is 11.1. The molecule has 1 aliphatic heterocycles. The van der Waals surface area contributed by atoms with Gasteiger partial charge in [0.05, 0.1) is 26.2 Å². The van der Waals surface area contributed by atoms with Crippen LogP contribution in [0.1, 0.15) is 66.6 Å². The highest BCUT2D eigenvalue weighted by Crippen LogP contribution is 2.37. The Balaban J connectivity index is 1.63. The number of methoxy groups -OCH3 is 1. The highest BCUT2D eigenvalue weighted by molar-refractivity contribution is 5.98. The Morgan fingerprint density at radius 3 is 2.65 bits per heavy atom. The average Bonchev–Trinajstić information content (AvgIpc) is 3.40. The Morgan fingerprint density at radius 1 is 1.16 bits per heavy atom. The first-order chi connectivity index (χ1) is 15.1. The van der Waals surface area contributed by atoms with Gasteiger partial charge < -0.3 is 19.7 Å². The number of fused-ring (bicyclic) bond motifs is 1. The fourth-order valence-electron chi connectivity index (χ4n) is 4.64. The molecule has 2 aromatic rings. The standard InChI is InChI=1S/C25H30N2O4/c1-3-31-22-13-12-17(14-23(22)30-2)21(15-24(28)26-19-9-5-6-10-19)27-16-18-8-4-7-11-20(18)25(27)29/h4,7-8,11-14,19,21H,3,5-6,9-10,15-16H2,1-2H3,(H,26,28). The van der Waals surface area contributed by atoms with E-state index in [-0.39, 0.29) is 30.3 Å². The van der Waals surface area contributed by atoms with E-state index in [9.17, 15) is 9.59 Å². The summed E-state index contributed by atoms with van der Waals surface area (Å²) in [7, 11) is 1.60. The molecule has 1 heterocycles. The molecule has 6 nitrogen and oxygen atoms in total. The molecular formula is C25H30N2O4. The average molecular weight is 423 g/mol. The van der Waals surface area contributed by atoms with Gasteiger partial charge in [0.1, 0.15) is 0 Å². The summed E-state index contributed by atoms with van der Waals surface area (Å²) in [5, 5.41) is 3.17. The van der Waals surface area contributed by atoms with Crippen molar-refractivity contribution in [2.75, 3.05) is 13.7 Å². The van der Waals surface area contributed by atoms with Gasteiger partial charge in [0, 0.05) is 18.2 Å². The van der Waals surface area contributed by atoms with Crippen LogP contribution in [-0.4, -0.2) is 36.5 Å². The lowest BCUT2D eigenvalue weighted by molar-refractivity contribution is -0.122. The normalized spacial score (nSPS) is 16.8. The summed E-state index contributed by atoms with van der Waals surface area (Å²) in [5.41, 5.74) is 2.57. The van der Waals surface area contributed by atoms with Gasteiger partial charge in [0.2, 0.25) is 5.91 Å². The predicted molar refractivity (Wildman–Crippen MR) is 118 cm³/mol. The molecule has 0 spiro atoms. The van der Waals surface area contributed by atoms with Crippen molar-refractivity contribution < 1.29 is 19.1 Å². The van der Waals surface area contributed by atoms with Gasteiger partial charge in [0.15, 0.2) is 11.5 Å². The summed E-state index contributed by atoms with van der Waals surface area (Å²) in [6.07, 6.45) is 4.59. The number of hydrogen-bond acceptors (Lipinski definition) is 4. The number of nitrogens with one attached hydrogen (secondary N) is 1. The SMILES string of the molecule is CCOc1ccc(C(CC(=O)NC2CCCC2)N2Cc3ccccc3C2=O)cc1OC. The van der Waals surface area contributed by atoms with Crippen molar-refractivity contribution in [3.05, 3.63) is 59.2 Å². The van der Waals surface area contributed by atoms with Crippen LogP contribution in [0.3, 0.4) is 0 Å². The monoisotopic (exact) mass is 422 g/mol. The van der Waals surface area contributed by atoms with Crippen molar-refractivity contribution in [2.45, 2.75) is 57.7 Å². The first kappa shape index (κ1) is 21.2. The number of amides is 2. The van der Waals surface area contributed by atoms with Crippen LogP contribution in [0.4, 0.5) is 0 Å². The quantitative estimate of drug-likeness (QED) is 0.691. The molecule has 1 unspecified atom stereocenters. The molecule has 1 fully saturated rings. The maximum Gasteiger partial charge on any atom is 0.255 e. The molecule has 0 aromatic heterocycles. The zero-order chi connectivity index (χ0) is 21.8. The lowest BCUT2D eigenvalue weighted by atomic mass is 10.0. The van der Waals surface area contributed by atoms with Crippen molar-refractivity contribution in [1.29, 1.82) is 0 Å². The third-order valence-corrected chi connectivity index (χ3v) is 6.20. The van der Waals surface area contributed by atoms with E-state index in [0.717, 1.165) is 36.8 Å². The molecule has 31 heavy (non-hydrogen) atoms. The van der Waals surface area contributed by atoms with Crippen molar-refractivity contribution in [1.82, 2.24) is 10.2 Å². The van der Waals surface area contributed by atoms with Gasteiger partial charge >= 0.3 is 0 Å². The van der Waals surface area contributed by atoms with Crippen LogP contribution in [0, 0.1) is 0 Å². The molecule has 0 saturated heterocycles. The Hall–Kier alpha value is -3.02. The minimum absolute atomic E-state index is 0.0199. The summed E-state index contributed by atoms with van der Waals surface area (Å²) in [5.74, 6) is 1.19. The molecule has 1 aliphatic carbocycles. The second-order valence-corrected chi connectivity index (χ2v) is 8.20. The highest BCUT2D eigenvalue weighted by Gasteiger charge is 2.35. The molecule has 1 atom stereocenters. The van der Waals surface area contributed by atoms with Gasteiger partial charge in [-0.05, 0) is 49.1 Å². The Labute approximate surface area is 183 Å². The predicted octanol–water partition coefficient (Wildman–Crippen LogP) is 4.24. The smallest absolute Gasteiger partial charge is 0.255 e. The van der Waals surface area contributed by atoms with Gasteiger partial charge in [-0.3, -0.25) is 9.59 Å². The highest BCUT2D eigenvalue weighted by atomic mass is 16.5. The lowest BCUT2D eigenvalue weighted by Crippen LogP contribution is -2.37. The molecule has 4 rings (SSSR count). The van der Waals surface area contributed by atoms with Crippen LogP contribution in [0.5, 0.6) is 11.5 Å². The van der Waals surface area contributed by atoms with E-state index < -0.39 is 0 Å². The summed E-state index contributed by atoms with van der Waals surface area (Å²) in [6.45, 7) is 2.94. The number of ether oxygens (including phenoxy) is 2. The maximum atomic E-state index is 13.2. The number of nitrogens with zero attached hydrogens (tertiary/aromatic N) is 1. The van der Waals surface area contributed by atoms with Gasteiger partial charge in [-0.25, -0.2) is 0 Å². The third kappa shape index (κ3) is 4.53. The number of benzene rings is 2. The van der Waals surface area contributed by atoms with E-state index in [1.165, 1.54) is 0 Å². The zero-order valence-electron chi connectivity index (χ0n) is 18.2. The van der Waals surface area contributed by atoms with Gasteiger partial charge in [-0.15, -0.1) is 0 Å². The molecule has 2 aliphatic rings. The second-order valence-electron chi connectivity index (χ2n) is 8.20. The molecule has 2 aromatic carbocycles. The summed E-state index contributed by atoms with van der Waals surface area (Å²) < 4.78 is 11.2. The van der Waals surface area contributed by atoms with Gasteiger partial charge in [-0.2, -0.15) is 0 Å². The molecule has 6 heteroatoms. The van der Waals surface area contributed by atoms with Gasteiger partial charge in [0.25, 0.3) is 5.91 Å². The minimum Gasteiger partial charge on any atom is -0.493 e. The molecule has 0 radical (unpaired) electrons. The molecule has 0 bridgehead atoms. The maximum absolute atomic E-state index is 13.2. The second kappa shape index (κ2) is 9.41. The van der Waals surface area contributed by atoms with Crippen LogP contribution in [0.25, 0.3) is 0 Å². The number of carbonyl (C=O) groups excluding carboxylic acids is 2. The van der Waals surface area contributed by atoms with Gasteiger partial charge in [-0.1, -0.05) is 37.1 Å². The van der Waals surface area contributed by atoms with E-state index >= 15 is 0 Å². The zero-order valence-corrected chi connectivity index (χ0v) is 18.2. The number of hydrogen-bond donors (Lipinski definition) is 1. The van der Waals surface area contributed by atoms with Crippen LogP contribution in [0.15, 0.2) is 42.5 Å². The molecular weight excluding hydrogens is 392 g/mol. The largest absolute Gasteiger partial charge is 0.493 e. The molecule has 1 N–H and O–H groups in total. The fourth-order valence-corrected chi connectivity index (χ4v) is 4.64. The van der Waals surface area contributed by atoms with Crippen molar-refractivity contribution >= 4 is 11.8 Å². The van der Waals surface area contributed by atoms with Crippen LogP contribution in [0.2, 0.25) is 0 Å². The minimum atomic E-state index is -0.383. The molecule has 2 amide bonds. The van der Waals surface area contributed by atoms with E-state index in [2.05, 4.69) is 5.32 Å². The molecule has 1 saturated carbocycles. The van der Waals surface area contributed by atoms with E-state index in [1.54, 1.807) is 12.0 Å². The van der Waals surface area contributed by atoms with Crippen LogP contribution in [-0.2, 0) is 11.3 Å². The number of carbonyl (C=O) groups is 2. The van der Waals surface area contributed by atoms with E-state index in [0.29, 0.717) is 30.2 Å². The fraction of sp³-hybridized carbons (Fsp3) is 0.440. The Morgan fingerprint density at radius 2 is 1.94 bits per heavy atom. The van der Waals surface area contributed by atoms with E-state index in [1.807, 2.05) is 49.4 Å². The van der Waals surface area contributed by atoms with Crippen molar-refractivity contribution in [3.63, 3.8) is 0 Å². The van der Waals surface area contributed by atoms with Crippen molar-refractivity contribution in [3.8, 4) is 11.5 Å². The number of rotatable bonds is 8. The Bertz CT molecular complexity index is 952.